The molecule has 0 fully saturated rings. The summed E-state index contributed by atoms with van der Waals surface area (Å²) < 4.78 is 28.1. The van der Waals surface area contributed by atoms with Gasteiger partial charge in [-0.2, -0.15) is 5.10 Å². The van der Waals surface area contributed by atoms with Gasteiger partial charge in [-0.3, -0.25) is 14.6 Å². The van der Waals surface area contributed by atoms with Crippen molar-refractivity contribution in [2.45, 2.75) is 19.4 Å². The quantitative estimate of drug-likeness (QED) is 0.740. The number of hydrogen-bond donors (Lipinski definition) is 0. The average Bonchev–Trinajstić information content (AvgIpc) is 2.96. The molecule has 0 spiro atoms. The Bertz CT molecular complexity index is 746. The zero-order valence-electron chi connectivity index (χ0n) is 11.9. The molecule has 6 heteroatoms. The molecule has 4 nitrogen and oxygen atoms in total. The summed E-state index contributed by atoms with van der Waals surface area (Å²) in [5.74, 6) is -2.88. The second kappa shape index (κ2) is 5.63. The summed E-state index contributed by atoms with van der Waals surface area (Å²) in [6.45, 7) is 1.27. The van der Waals surface area contributed by atoms with E-state index < -0.39 is 5.92 Å². The molecule has 3 rings (SSSR count). The van der Waals surface area contributed by atoms with Crippen LogP contribution in [0.2, 0.25) is 0 Å². The van der Waals surface area contributed by atoms with Gasteiger partial charge in [-0.15, -0.1) is 0 Å². The smallest absolute Gasteiger partial charge is 0.264 e. The fourth-order valence-electron chi connectivity index (χ4n) is 2.15. The van der Waals surface area contributed by atoms with E-state index in [0.29, 0.717) is 12.2 Å². The maximum absolute atomic E-state index is 13.2. The number of alkyl halides is 2. The Kier molecular flexibility index (Phi) is 3.66. The van der Waals surface area contributed by atoms with Gasteiger partial charge in [-0.05, 0) is 30.3 Å². The minimum Gasteiger partial charge on any atom is -0.264 e. The molecule has 0 bridgehead atoms. The summed E-state index contributed by atoms with van der Waals surface area (Å²) in [7, 11) is 0. The number of halogens is 2. The van der Waals surface area contributed by atoms with Gasteiger partial charge < -0.3 is 0 Å². The van der Waals surface area contributed by atoms with Crippen LogP contribution in [0.25, 0.3) is 11.3 Å². The minimum absolute atomic E-state index is 0.0933. The maximum Gasteiger partial charge on any atom is 0.272 e. The summed E-state index contributed by atoms with van der Waals surface area (Å²) in [5.41, 5.74) is 2.42. The van der Waals surface area contributed by atoms with Crippen molar-refractivity contribution >= 4 is 0 Å². The Morgan fingerprint density at radius 2 is 1.95 bits per heavy atom. The number of pyridine rings is 2. The Hall–Kier alpha value is -2.63. The van der Waals surface area contributed by atoms with Crippen molar-refractivity contribution in [2.75, 3.05) is 0 Å². The highest BCUT2D eigenvalue weighted by atomic mass is 19.3. The van der Waals surface area contributed by atoms with Gasteiger partial charge in [0, 0.05) is 42.8 Å². The molecule has 22 heavy (non-hydrogen) atoms. The fourth-order valence-corrected chi connectivity index (χ4v) is 2.15. The standard InChI is InChI=1S/C16H14F2N4/c1-16(17,18)13-4-5-14(20-10-13)11-22-15(6-8-21-22)12-3-2-7-19-9-12/h2-10H,11H2,1H3. The van der Waals surface area contributed by atoms with Crippen molar-refractivity contribution < 1.29 is 8.78 Å². The van der Waals surface area contributed by atoms with Gasteiger partial charge >= 0.3 is 0 Å². The van der Waals surface area contributed by atoms with Crippen LogP contribution in [0.15, 0.2) is 55.1 Å². The van der Waals surface area contributed by atoms with Crippen LogP contribution in [0.3, 0.4) is 0 Å². The molecule has 0 aliphatic carbocycles. The Balaban J connectivity index is 1.84. The van der Waals surface area contributed by atoms with Crippen molar-refractivity contribution in [1.29, 1.82) is 0 Å². The van der Waals surface area contributed by atoms with E-state index in [1.807, 2.05) is 18.2 Å². The van der Waals surface area contributed by atoms with Crippen LogP contribution in [0.5, 0.6) is 0 Å². The van der Waals surface area contributed by atoms with Crippen LogP contribution in [0, 0.1) is 0 Å². The minimum atomic E-state index is -2.88. The molecule has 3 aromatic rings. The van der Waals surface area contributed by atoms with Gasteiger partial charge in [0.1, 0.15) is 0 Å². The largest absolute Gasteiger partial charge is 0.272 e. The Labute approximate surface area is 126 Å². The molecule has 112 valence electrons. The van der Waals surface area contributed by atoms with E-state index in [-0.39, 0.29) is 5.56 Å². The molecule has 0 aliphatic heterocycles. The van der Waals surface area contributed by atoms with E-state index >= 15 is 0 Å². The number of hydrogen-bond acceptors (Lipinski definition) is 3. The van der Waals surface area contributed by atoms with E-state index in [0.717, 1.165) is 18.2 Å². The summed E-state index contributed by atoms with van der Waals surface area (Å²) in [5, 5.41) is 4.26. The molecular weight excluding hydrogens is 286 g/mol. The molecule has 0 atom stereocenters. The highest BCUT2D eigenvalue weighted by Crippen LogP contribution is 2.26. The van der Waals surface area contributed by atoms with Gasteiger partial charge in [0.25, 0.3) is 5.92 Å². The molecule has 0 N–H and O–H groups in total. The van der Waals surface area contributed by atoms with Gasteiger partial charge in [0.15, 0.2) is 0 Å². The second-order valence-corrected chi connectivity index (χ2v) is 5.04. The Morgan fingerprint density at radius 1 is 1.09 bits per heavy atom. The highest BCUT2D eigenvalue weighted by Gasteiger charge is 2.24. The topological polar surface area (TPSA) is 43.6 Å². The number of aromatic nitrogens is 4. The lowest BCUT2D eigenvalue weighted by Gasteiger charge is -2.11. The molecule has 0 aromatic carbocycles. The zero-order chi connectivity index (χ0) is 15.6. The first-order chi connectivity index (χ1) is 10.5. The summed E-state index contributed by atoms with van der Waals surface area (Å²) >= 11 is 0. The summed E-state index contributed by atoms with van der Waals surface area (Å²) in [6.07, 6.45) is 6.36. The first-order valence-electron chi connectivity index (χ1n) is 6.79. The SMILES string of the molecule is CC(F)(F)c1ccc(Cn2nccc2-c2cccnc2)nc1. The third-order valence-electron chi connectivity index (χ3n) is 3.32. The van der Waals surface area contributed by atoms with Crippen LogP contribution >= 0.6 is 0 Å². The van der Waals surface area contributed by atoms with Crippen molar-refractivity contribution in [3.05, 3.63) is 66.4 Å². The lowest BCUT2D eigenvalue weighted by Crippen LogP contribution is -2.09. The molecule has 0 aliphatic rings. The predicted octanol–water partition coefficient (Wildman–Crippen LogP) is 3.50. The second-order valence-electron chi connectivity index (χ2n) is 5.04. The highest BCUT2D eigenvalue weighted by molar-refractivity contribution is 5.57. The van der Waals surface area contributed by atoms with Crippen LogP contribution in [-0.2, 0) is 12.5 Å². The van der Waals surface area contributed by atoms with E-state index in [9.17, 15) is 8.78 Å². The van der Waals surface area contributed by atoms with Gasteiger partial charge in [-0.25, -0.2) is 8.78 Å². The summed E-state index contributed by atoms with van der Waals surface area (Å²) in [6, 6.07) is 8.67. The molecule has 0 amide bonds. The van der Waals surface area contributed by atoms with Crippen molar-refractivity contribution in [3.8, 4) is 11.3 Å². The van der Waals surface area contributed by atoms with Gasteiger partial charge in [-0.1, -0.05) is 0 Å². The monoisotopic (exact) mass is 300 g/mol. The molecule has 3 heterocycles. The number of nitrogens with zero attached hydrogens (tertiary/aromatic N) is 4. The van der Waals surface area contributed by atoms with Crippen molar-refractivity contribution in [2.24, 2.45) is 0 Å². The molecule has 0 saturated heterocycles. The van der Waals surface area contributed by atoms with Crippen molar-refractivity contribution in [3.63, 3.8) is 0 Å². The van der Waals surface area contributed by atoms with Crippen molar-refractivity contribution in [1.82, 2.24) is 19.7 Å². The maximum atomic E-state index is 13.2. The third-order valence-corrected chi connectivity index (χ3v) is 3.32. The molecule has 0 unspecified atom stereocenters. The normalized spacial score (nSPS) is 11.6. The van der Waals surface area contributed by atoms with Crippen LogP contribution in [-0.4, -0.2) is 19.7 Å². The summed E-state index contributed by atoms with van der Waals surface area (Å²) in [4.78, 5) is 8.19. The van der Waals surface area contributed by atoms with E-state index in [1.54, 1.807) is 29.3 Å². The lowest BCUT2D eigenvalue weighted by molar-refractivity contribution is 0.0171. The van der Waals surface area contributed by atoms with E-state index in [4.69, 9.17) is 0 Å². The van der Waals surface area contributed by atoms with Gasteiger partial charge in [0.2, 0.25) is 0 Å². The van der Waals surface area contributed by atoms with Gasteiger partial charge in [0.05, 0.1) is 17.9 Å². The van der Waals surface area contributed by atoms with Crippen LogP contribution in [0.1, 0.15) is 18.2 Å². The Morgan fingerprint density at radius 3 is 2.59 bits per heavy atom. The first-order valence-corrected chi connectivity index (χ1v) is 6.79. The van der Waals surface area contributed by atoms with E-state index in [1.165, 1.54) is 12.3 Å². The van der Waals surface area contributed by atoms with E-state index in [2.05, 4.69) is 15.1 Å². The predicted molar refractivity (Wildman–Crippen MR) is 78.4 cm³/mol. The average molecular weight is 300 g/mol. The number of rotatable bonds is 4. The first kappa shape index (κ1) is 14.3. The third kappa shape index (κ3) is 3.00. The molecular formula is C16H14F2N4. The molecule has 3 aromatic heterocycles. The van der Waals surface area contributed by atoms with Crippen LogP contribution < -0.4 is 0 Å². The fraction of sp³-hybridized carbons (Fsp3) is 0.188. The zero-order valence-corrected chi connectivity index (χ0v) is 11.9. The van der Waals surface area contributed by atoms with Crippen LogP contribution in [0.4, 0.5) is 8.78 Å². The molecule has 0 saturated carbocycles. The lowest BCUT2D eigenvalue weighted by atomic mass is 10.1. The molecule has 0 radical (unpaired) electrons.